The summed E-state index contributed by atoms with van der Waals surface area (Å²) >= 11 is 7.39. The van der Waals surface area contributed by atoms with Crippen LogP contribution in [0.4, 0.5) is 11.4 Å². The highest BCUT2D eigenvalue weighted by Crippen LogP contribution is 2.43. The van der Waals surface area contributed by atoms with E-state index in [1.165, 1.54) is 12.0 Å². The quantitative estimate of drug-likeness (QED) is 0.585. The minimum absolute atomic E-state index is 0.00803. The molecule has 2 N–H and O–H groups in total. The van der Waals surface area contributed by atoms with Crippen LogP contribution in [0.15, 0.2) is 66.2 Å². The van der Waals surface area contributed by atoms with Gasteiger partial charge in [0.1, 0.15) is 6.61 Å². The Morgan fingerprint density at radius 3 is 2.72 bits per heavy atom. The van der Waals surface area contributed by atoms with E-state index in [4.69, 9.17) is 17.0 Å². The maximum absolute atomic E-state index is 11.7. The number of nitrogens with one attached hydrogen (secondary N) is 2. The van der Waals surface area contributed by atoms with E-state index in [2.05, 4.69) is 32.0 Å². The fraction of sp³-hybridized carbons (Fsp3) is 0.190. The van der Waals surface area contributed by atoms with Gasteiger partial charge in [0.15, 0.2) is 5.11 Å². The zero-order valence-corrected chi connectivity index (χ0v) is 17.4. The maximum Gasteiger partial charge on any atom is 0.250 e. The molecule has 1 aliphatic rings. The molecule has 1 saturated heterocycles. The summed E-state index contributed by atoms with van der Waals surface area (Å²) in [6.07, 6.45) is 1.80. The number of hydrogen-bond acceptors (Lipinski definition) is 5. The number of carbonyl (C=O) groups is 1. The van der Waals surface area contributed by atoms with E-state index in [1.807, 2.05) is 48.5 Å². The van der Waals surface area contributed by atoms with Crippen LogP contribution in [-0.4, -0.2) is 29.7 Å². The molecule has 4 rings (SSSR count). The van der Waals surface area contributed by atoms with Crippen molar-refractivity contribution >= 4 is 45.9 Å². The van der Waals surface area contributed by atoms with Crippen LogP contribution in [0.1, 0.15) is 22.7 Å². The molecule has 3 heterocycles. The molecule has 148 valence electrons. The van der Waals surface area contributed by atoms with Crippen molar-refractivity contribution in [3.05, 3.63) is 76.7 Å². The Hall–Kier alpha value is -2.81. The molecule has 1 fully saturated rings. The highest BCUT2D eigenvalue weighted by molar-refractivity contribution is 7.80. The minimum Gasteiger partial charge on any atom is -0.375 e. The van der Waals surface area contributed by atoms with E-state index >= 15 is 0 Å². The largest absolute Gasteiger partial charge is 0.375 e. The molecular formula is C21H20N4O2S2. The first-order valence-electron chi connectivity index (χ1n) is 9.10. The van der Waals surface area contributed by atoms with Gasteiger partial charge in [0.25, 0.3) is 0 Å². The topological polar surface area (TPSA) is 66.5 Å². The lowest BCUT2D eigenvalue weighted by Crippen LogP contribution is -2.29. The van der Waals surface area contributed by atoms with Crippen LogP contribution in [0.3, 0.4) is 0 Å². The molecule has 8 heteroatoms. The highest BCUT2D eigenvalue weighted by atomic mass is 32.1. The van der Waals surface area contributed by atoms with Crippen LogP contribution < -0.4 is 15.5 Å². The van der Waals surface area contributed by atoms with Gasteiger partial charge in [-0.15, -0.1) is 11.3 Å². The van der Waals surface area contributed by atoms with Gasteiger partial charge in [0, 0.05) is 29.6 Å². The van der Waals surface area contributed by atoms with Crippen LogP contribution in [0.25, 0.3) is 0 Å². The van der Waals surface area contributed by atoms with E-state index in [0.717, 1.165) is 11.4 Å². The van der Waals surface area contributed by atoms with Gasteiger partial charge in [0.2, 0.25) is 5.91 Å². The molecule has 6 nitrogen and oxygen atoms in total. The van der Waals surface area contributed by atoms with Gasteiger partial charge in [-0.2, -0.15) is 0 Å². The van der Waals surface area contributed by atoms with Gasteiger partial charge in [0.05, 0.1) is 17.8 Å². The number of carbonyl (C=O) groups excluding carboxylic acids is 1. The number of aromatic nitrogens is 1. The van der Waals surface area contributed by atoms with Crippen molar-refractivity contribution < 1.29 is 9.53 Å². The Kier molecular flexibility index (Phi) is 5.84. The summed E-state index contributed by atoms with van der Waals surface area (Å²) in [5.74, 6) is -0.190. The summed E-state index contributed by atoms with van der Waals surface area (Å²) in [7, 11) is 1.49. The average molecular weight is 425 g/mol. The first-order valence-corrected chi connectivity index (χ1v) is 10.4. The first kappa shape index (κ1) is 19.5. The Balaban J connectivity index is 1.65. The van der Waals surface area contributed by atoms with Gasteiger partial charge in [-0.25, -0.2) is 0 Å². The molecule has 0 spiro atoms. The third kappa shape index (κ3) is 4.14. The molecule has 0 unspecified atom stereocenters. The lowest BCUT2D eigenvalue weighted by atomic mass is 10.0. The number of benzene rings is 1. The molecule has 2 atom stereocenters. The van der Waals surface area contributed by atoms with Gasteiger partial charge >= 0.3 is 0 Å². The number of methoxy groups -OCH3 is 1. The summed E-state index contributed by atoms with van der Waals surface area (Å²) in [5, 5.41) is 8.96. The zero-order chi connectivity index (χ0) is 20.2. The second-order valence-corrected chi connectivity index (χ2v) is 7.91. The standard InChI is InChI=1S/C21H20N4O2S2/c1-27-13-18(26)23-14-7-9-15(10-8-14)25-20(17-6-4-12-29-17)19(24-21(25)28)16-5-2-3-11-22-16/h2-12,19-20H,13H2,1H3,(H,23,26)(H,24,28)/t19-,20-/m0/s1. The number of amides is 1. The van der Waals surface area contributed by atoms with Crippen molar-refractivity contribution in [2.75, 3.05) is 23.9 Å². The van der Waals surface area contributed by atoms with E-state index in [1.54, 1.807) is 17.5 Å². The number of pyridine rings is 1. The number of nitrogens with zero attached hydrogens (tertiary/aromatic N) is 2. The number of anilines is 2. The van der Waals surface area contributed by atoms with Crippen LogP contribution in [0.5, 0.6) is 0 Å². The van der Waals surface area contributed by atoms with Crippen molar-refractivity contribution in [1.82, 2.24) is 10.3 Å². The molecule has 0 saturated carbocycles. The molecular weight excluding hydrogens is 404 g/mol. The summed E-state index contributed by atoms with van der Waals surface area (Å²) in [4.78, 5) is 19.6. The molecule has 0 radical (unpaired) electrons. The number of thiocarbonyl (C=S) groups is 1. The zero-order valence-electron chi connectivity index (χ0n) is 15.7. The van der Waals surface area contributed by atoms with Crippen molar-refractivity contribution in [1.29, 1.82) is 0 Å². The van der Waals surface area contributed by atoms with E-state index in [-0.39, 0.29) is 24.6 Å². The second kappa shape index (κ2) is 8.69. The predicted molar refractivity (Wildman–Crippen MR) is 119 cm³/mol. The summed E-state index contributed by atoms with van der Waals surface area (Å²) in [6, 6.07) is 17.7. The molecule has 1 aromatic carbocycles. The number of rotatable bonds is 6. The lowest BCUT2D eigenvalue weighted by molar-refractivity contribution is -0.119. The number of ether oxygens (including phenoxy) is 1. The smallest absolute Gasteiger partial charge is 0.250 e. The molecule has 1 amide bonds. The maximum atomic E-state index is 11.7. The number of thiophene rings is 1. The van der Waals surface area contributed by atoms with E-state index < -0.39 is 0 Å². The Labute approximate surface area is 178 Å². The molecule has 1 aliphatic heterocycles. The van der Waals surface area contributed by atoms with Crippen LogP contribution in [0, 0.1) is 0 Å². The minimum atomic E-state index is -0.190. The third-order valence-corrected chi connectivity index (χ3v) is 5.89. The van der Waals surface area contributed by atoms with Crippen LogP contribution >= 0.6 is 23.6 Å². The lowest BCUT2D eigenvalue weighted by Gasteiger charge is -2.27. The Morgan fingerprint density at radius 2 is 2.07 bits per heavy atom. The number of hydrogen-bond donors (Lipinski definition) is 2. The monoisotopic (exact) mass is 424 g/mol. The van der Waals surface area contributed by atoms with Gasteiger partial charge < -0.3 is 20.3 Å². The highest BCUT2D eigenvalue weighted by Gasteiger charge is 2.41. The van der Waals surface area contributed by atoms with E-state index in [9.17, 15) is 4.79 Å². The van der Waals surface area contributed by atoms with Crippen LogP contribution in [-0.2, 0) is 9.53 Å². The fourth-order valence-electron chi connectivity index (χ4n) is 3.41. The normalized spacial score (nSPS) is 18.5. The van der Waals surface area contributed by atoms with Crippen molar-refractivity contribution in [3.8, 4) is 0 Å². The average Bonchev–Trinajstić information content (AvgIpc) is 3.37. The van der Waals surface area contributed by atoms with Crippen molar-refractivity contribution in [2.45, 2.75) is 12.1 Å². The Morgan fingerprint density at radius 1 is 1.24 bits per heavy atom. The molecule has 2 aromatic heterocycles. The van der Waals surface area contributed by atoms with Gasteiger partial charge in [-0.3, -0.25) is 9.78 Å². The Bertz CT molecular complexity index is 978. The van der Waals surface area contributed by atoms with E-state index in [0.29, 0.717) is 10.8 Å². The predicted octanol–water partition coefficient (Wildman–Crippen LogP) is 3.91. The third-order valence-electron chi connectivity index (χ3n) is 4.64. The second-order valence-electron chi connectivity index (χ2n) is 6.54. The summed E-state index contributed by atoms with van der Waals surface area (Å²) < 4.78 is 4.85. The first-order chi connectivity index (χ1) is 14.2. The molecule has 0 aliphatic carbocycles. The SMILES string of the molecule is COCC(=O)Nc1ccc(N2C(=S)N[C@@H](c3ccccn3)[C@@H]2c2cccs2)cc1. The summed E-state index contributed by atoms with van der Waals surface area (Å²) in [5.41, 5.74) is 2.60. The molecule has 3 aromatic rings. The molecule has 29 heavy (non-hydrogen) atoms. The fourth-order valence-corrected chi connectivity index (χ4v) is 4.61. The van der Waals surface area contributed by atoms with Gasteiger partial charge in [-0.1, -0.05) is 12.1 Å². The summed E-state index contributed by atoms with van der Waals surface area (Å²) in [6.45, 7) is 0.0219. The molecule has 0 bridgehead atoms. The van der Waals surface area contributed by atoms with Gasteiger partial charge in [-0.05, 0) is 60.1 Å². The van der Waals surface area contributed by atoms with Crippen LogP contribution in [0.2, 0.25) is 0 Å². The van der Waals surface area contributed by atoms with Crippen molar-refractivity contribution in [3.63, 3.8) is 0 Å². The van der Waals surface area contributed by atoms with Crippen molar-refractivity contribution in [2.24, 2.45) is 0 Å².